The van der Waals surface area contributed by atoms with E-state index in [1.54, 1.807) is 6.07 Å². The van der Waals surface area contributed by atoms with Crippen LogP contribution < -0.4 is 0 Å². The molecular formula is C8H6F3O. The Bertz CT molecular complexity index is 242. The van der Waals surface area contributed by atoms with Crippen LogP contribution in [-0.4, -0.2) is 6.18 Å². The predicted octanol–water partition coefficient (Wildman–Crippen LogP) is 2.72. The summed E-state index contributed by atoms with van der Waals surface area (Å²) < 4.78 is 35.5. The minimum Gasteiger partial charge on any atom is -0.218 e. The van der Waals surface area contributed by atoms with Gasteiger partial charge in [-0.15, -0.1) is 0 Å². The van der Waals surface area contributed by atoms with Crippen LogP contribution in [-0.2, 0) is 5.11 Å². The van der Waals surface area contributed by atoms with E-state index in [0.717, 1.165) is 0 Å². The lowest BCUT2D eigenvalue weighted by atomic mass is 10.1. The molecule has 1 aromatic rings. The first kappa shape index (κ1) is 9.06. The molecule has 1 rings (SSSR count). The SMILES string of the molecule is [O]C(c1ccccc1)C(F)(F)F. The summed E-state index contributed by atoms with van der Waals surface area (Å²) in [6.45, 7) is 0. The highest BCUT2D eigenvalue weighted by molar-refractivity contribution is 5.18. The second kappa shape index (κ2) is 3.15. The molecule has 0 bridgehead atoms. The van der Waals surface area contributed by atoms with E-state index in [0.29, 0.717) is 0 Å². The summed E-state index contributed by atoms with van der Waals surface area (Å²) in [5.74, 6) is 0. The highest BCUT2D eigenvalue weighted by Gasteiger charge is 2.40. The third-order valence-electron chi connectivity index (χ3n) is 1.40. The van der Waals surface area contributed by atoms with Gasteiger partial charge < -0.3 is 0 Å². The van der Waals surface area contributed by atoms with Crippen molar-refractivity contribution in [2.75, 3.05) is 0 Å². The Balaban J connectivity index is 2.86. The van der Waals surface area contributed by atoms with E-state index in [-0.39, 0.29) is 5.56 Å². The van der Waals surface area contributed by atoms with Crippen LogP contribution in [0.5, 0.6) is 0 Å². The smallest absolute Gasteiger partial charge is 0.218 e. The topological polar surface area (TPSA) is 19.9 Å². The van der Waals surface area contributed by atoms with Gasteiger partial charge in [0.15, 0.2) is 0 Å². The molecule has 1 unspecified atom stereocenters. The van der Waals surface area contributed by atoms with Crippen molar-refractivity contribution in [1.29, 1.82) is 0 Å². The summed E-state index contributed by atoms with van der Waals surface area (Å²) in [7, 11) is 0. The monoisotopic (exact) mass is 175 g/mol. The van der Waals surface area contributed by atoms with E-state index >= 15 is 0 Å². The molecule has 0 N–H and O–H groups in total. The molecule has 1 atom stereocenters. The molecule has 0 aliphatic carbocycles. The number of hydrogen-bond acceptors (Lipinski definition) is 0. The van der Waals surface area contributed by atoms with E-state index in [1.165, 1.54) is 24.3 Å². The lowest BCUT2D eigenvalue weighted by Crippen LogP contribution is -2.18. The minimum atomic E-state index is -4.69. The second-order valence-corrected chi connectivity index (χ2v) is 2.33. The van der Waals surface area contributed by atoms with Gasteiger partial charge in [0.05, 0.1) is 0 Å². The van der Waals surface area contributed by atoms with Crippen molar-refractivity contribution >= 4 is 0 Å². The molecule has 1 aromatic carbocycles. The van der Waals surface area contributed by atoms with Crippen molar-refractivity contribution < 1.29 is 18.3 Å². The molecule has 0 spiro atoms. The van der Waals surface area contributed by atoms with Crippen LogP contribution >= 0.6 is 0 Å². The van der Waals surface area contributed by atoms with E-state index in [4.69, 9.17) is 0 Å². The number of benzene rings is 1. The molecule has 0 heterocycles. The molecule has 0 saturated carbocycles. The van der Waals surface area contributed by atoms with E-state index < -0.39 is 12.3 Å². The summed E-state index contributed by atoms with van der Waals surface area (Å²) in [5.41, 5.74) is -0.245. The Morgan fingerprint density at radius 1 is 1.08 bits per heavy atom. The number of halogens is 3. The van der Waals surface area contributed by atoms with Gasteiger partial charge in [0, 0.05) is 0 Å². The average molecular weight is 175 g/mol. The molecule has 0 saturated heterocycles. The lowest BCUT2D eigenvalue weighted by molar-refractivity contribution is -0.225. The molecule has 1 radical (unpaired) electrons. The molecule has 0 aromatic heterocycles. The van der Waals surface area contributed by atoms with E-state index in [9.17, 15) is 18.3 Å². The van der Waals surface area contributed by atoms with Crippen molar-refractivity contribution in [3.05, 3.63) is 35.9 Å². The van der Waals surface area contributed by atoms with Crippen molar-refractivity contribution in [1.82, 2.24) is 0 Å². The van der Waals surface area contributed by atoms with Gasteiger partial charge in [0.25, 0.3) is 0 Å². The Kier molecular flexibility index (Phi) is 2.38. The first-order valence-electron chi connectivity index (χ1n) is 3.29. The molecule has 4 heteroatoms. The normalized spacial score (nSPS) is 14.3. The van der Waals surface area contributed by atoms with Crippen LogP contribution in [0.25, 0.3) is 0 Å². The van der Waals surface area contributed by atoms with Gasteiger partial charge in [-0.1, -0.05) is 30.3 Å². The van der Waals surface area contributed by atoms with Crippen LogP contribution in [0.3, 0.4) is 0 Å². The standard InChI is InChI=1S/C8H6F3O/c9-8(10,11)7(12)6-4-2-1-3-5-6/h1-5,7H. The van der Waals surface area contributed by atoms with Gasteiger partial charge in [-0.05, 0) is 5.56 Å². The highest BCUT2D eigenvalue weighted by Crippen LogP contribution is 2.32. The van der Waals surface area contributed by atoms with Gasteiger partial charge >= 0.3 is 6.18 Å². The quantitative estimate of drug-likeness (QED) is 0.625. The van der Waals surface area contributed by atoms with E-state index in [2.05, 4.69) is 0 Å². The number of rotatable bonds is 1. The molecule has 1 nitrogen and oxygen atoms in total. The lowest BCUT2D eigenvalue weighted by Gasteiger charge is -2.11. The fraction of sp³-hybridized carbons (Fsp3) is 0.250. The van der Waals surface area contributed by atoms with Crippen LogP contribution in [0.4, 0.5) is 13.2 Å². The molecular weight excluding hydrogens is 169 g/mol. The largest absolute Gasteiger partial charge is 0.422 e. The Labute approximate surface area is 67.5 Å². The molecule has 0 fully saturated rings. The number of hydrogen-bond donors (Lipinski definition) is 0. The average Bonchev–Trinajstić information content (AvgIpc) is 2.03. The van der Waals surface area contributed by atoms with Crippen molar-refractivity contribution in [2.45, 2.75) is 12.3 Å². The maximum Gasteiger partial charge on any atom is 0.422 e. The number of alkyl halides is 3. The van der Waals surface area contributed by atoms with Crippen LogP contribution in [0.2, 0.25) is 0 Å². The first-order chi connectivity index (χ1) is 5.52. The summed E-state index contributed by atoms with van der Waals surface area (Å²) in [6, 6.07) is 6.72. The second-order valence-electron chi connectivity index (χ2n) is 2.33. The zero-order valence-corrected chi connectivity index (χ0v) is 6.01. The molecule has 12 heavy (non-hydrogen) atoms. The van der Waals surface area contributed by atoms with Crippen molar-refractivity contribution in [2.24, 2.45) is 0 Å². The Hall–Kier alpha value is -1.03. The van der Waals surface area contributed by atoms with Crippen molar-refractivity contribution in [3.63, 3.8) is 0 Å². The van der Waals surface area contributed by atoms with Crippen LogP contribution in [0.1, 0.15) is 11.7 Å². The van der Waals surface area contributed by atoms with E-state index in [1.807, 2.05) is 0 Å². The maximum absolute atomic E-state index is 11.8. The van der Waals surface area contributed by atoms with Gasteiger partial charge in [-0.2, -0.15) is 13.2 Å². The molecule has 65 valence electrons. The zero-order chi connectivity index (χ0) is 9.19. The summed E-state index contributed by atoms with van der Waals surface area (Å²) >= 11 is 0. The van der Waals surface area contributed by atoms with Crippen LogP contribution in [0, 0.1) is 0 Å². The molecule has 0 amide bonds. The Morgan fingerprint density at radius 2 is 1.58 bits per heavy atom. The van der Waals surface area contributed by atoms with Gasteiger partial charge in [-0.25, -0.2) is 5.11 Å². The predicted molar refractivity (Wildman–Crippen MR) is 35.9 cm³/mol. The summed E-state index contributed by atoms with van der Waals surface area (Å²) in [6.07, 6.45) is -7.32. The fourth-order valence-electron chi connectivity index (χ4n) is 0.817. The van der Waals surface area contributed by atoms with Gasteiger partial charge in [-0.3, -0.25) is 0 Å². The van der Waals surface area contributed by atoms with Crippen LogP contribution in [0.15, 0.2) is 30.3 Å². The third-order valence-corrected chi connectivity index (χ3v) is 1.40. The maximum atomic E-state index is 11.8. The fourth-order valence-corrected chi connectivity index (χ4v) is 0.817. The molecule has 0 aliphatic rings. The zero-order valence-electron chi connectivity index (χ0n) is 6.01. The summed E-state index contributed by atoms with van der Waals surface area (Å²) in [5, 5.41) is 10.6. The minimum absolute atomic E-state index is 0.245. The van der Waals surface area contributed by atoms with Crippen molar-refractivity contribution in [3.8, 4) is 0 Å². The van der Waals surface area contributed by atoms with Gasteiger partial charge in [0.1, 0.15) is 0 Å². The highest BCUT2D eigenvalue weighted by atomic mass is 19.4. The summed E-state index contributed by atoms with van der Waals surface area (Å²) in [4.78, 5) is 0. The third kappa shape index (κ3) is 1.98. The van der Waals surface area contributed by atoms with Gasteiger partial charge in [0.2, 0.25) is 6.10 Å². The Morgan fingerprint density at radius 3 is 2.00 bits per heavy atom. The first-order valence-corrected chi connectivity index (χ1v) is 3.29. The molecule has 0 aliphatic heterocycles.